The van der Waals surface area contributed by atoms with Gasteiger partial charge in [-0.1, -0.05) is 6.58 Å². The number of esters is 2. The van der Waals surface area contributed by atoms with Gasteiger partial charge < -0.3 is 14.6 Å². The molecule has 16 heavy (non-hydrogen) atoms. The summed E-state index contributed by atoms with van der Waals surface area (Å²) in [5, 5.41) is 7.89. The number of rotatable bonds is 4. The Hall–Kier alpha value is -1.85. The average molecular weight is 232 g/mol. The summed E-state index contributed by atoms with van der Waals surface area (Å²) in [7, 11) is 0. The van der Waals surface area contributed by atoms with Crippen molar-refractivity contribution in [1.82, 2.24) is 0 Å². The molecule has 0 heterocycles. The van der Waals surface area contributed by atoms with E-state index in [4.69, 9.17) is 5.11 Å². The molecule has 0 amide bonds. The molecule has 0 aromatic rings. The van der Waals surface area contributed by atoms with Crippen LogP contribution >= 0.6 is 0 Å². The maximum absolute atomic E-state index is 10.1. The zero-order chi connectivity index (χ0) is 13.1. The monoisotopic (exact) mass is 232 g/mol. The summed E-state index contributed by atoms with van der Waals surface area (Å²) in [4.78, 5) is 29.9. The SMILES string of the molecule is C=C(C)C(=O)O.CC(=O)OCCOC(C)=O. The first kappa shape index (κ1) is 16.6. The molecule has 0 radical (unpaired) electrons. The van der Waals surface area contributed by atoms with Crippen LogP contribution in [0.1, 0.15) is 20.8 Å². The summed E-state index contributed by atoms with van der Waals surface area (Å²) in [6.45, 7) is 7.47. The van der Waals surface area contributed by atoms with E-state index < -0.39 is 5.97 Å². The van der Waals surface area contributed by atoms with Crippen LogP contribution in [0, 0.1) is 0 Å². The summed E-state index contributed by atoms with van der Waals surface area (Å²) in [6.07, 6.45) is 0. The quantitative estimate of drug-likeness (QED) is 0.437. The van der Waals surface area contributed by atoms with Crippen molar-refractivity contribution in [3.8, 4) is 0 Å². The number of carbonyl (C=O) groups excluding carboxylic acids is 2. The average Bonchev–Trinajstić information content (AvgIpc) is 2.12. The van der Waals surface area contributed by atoms with Crippen molar-refractivity contribution in [2.75, 3.05) is 13.2 Å². The van der Waals surface area contributed by atoms with Crippen LogP contribution in [-0.2, 0) is 23.9 Å². The van der Waals surface area contributed by atoms with Gasteiger partial charge in [0.2, 0.25) is 0 Å². The first-order valence-electron chi connectivity index (χ1n) is 4.43. The fourth-order valence-electron chi connectivity index (χ4n) is 0.371. The van der Waals surface area contributed by atoms with Crippen molar-refractivity contribution in [3.63, 3.8) is 0 Å². The van der Waals surface area contributed by atoms with Gasteiger partial charge in [0.15, 0.2) is 0 Å². The highest BCUT2D eigenvalue weighted by atomic mass is 16.6. The second-order valence-corrected chi connectivity index (χ2v) is 2.77. The molecule has 0 aliphatic carbocycles. The van der Waals surface area contributed by atoms with Gasteiger partial charge in [0.25, 0.3) is 0 Å². The maximum atomic E-state index is 10.1. The molecule has 1 N–H and O–H groups in total. The maximum Gasteiger partial charge on any atom is 0.330 e. The zero-order valence-corrected chi connectivity index (χ0v) is 9.61. The van der Waals surface area contributed by atoms with Crippen LogP contribution in [0.4, 0.5) is 0 Å². The molecule has 0 atom stereocenters. The van der Waals surface area contributed by atoms with E-state index in [1.54, 1.807) is 0 Å². The highest BCUT2D eigenvalue weighted by Gasteiger charge is 1.94. The third kappa shape index (κ3) is 18.0. The summed E-state index contributed by atoms with van der Waals surface area (Å²) in [6, 6.07) is 0. The molecule has 92 valence electrons. The van der Waals surface area contributed by atoms with E-state index in [-0.39, 0.29) is 30.7 Å². The van der Waals surface area contributed by atoms with E-state index >= 15 is 0 Å². The molecule has 0 saturated carbocycles. The highest BCUT2D eigenvalue weighted by Crippen LogP contribution is 1.81. The van der Waals surface area contributed by atoms with Gasteiger partial charge in [0.05, 0.1) is 0 Å². The van der Waals surface area contributed by atoms with Crippen LogP contribution in [0.15, 0.2) is 12.2 Å². The molecule has 0 bridgehead atoms. The zero-order valence-electron chi connectivity index (χ0n) is 9.61. The lowest BCUT2D eigenvalue weighted by atomic mass is 10.4. The lowest BCUT2D eigenvalue weighted by Crippen LogP contribution is -2.09. The lowest BCUT2D eigenvalue weighted by molar-refractivity contribution is -0.149. The van der Waals surface area contributed by atoms with E-state index in [1.165, 1.54) is 20.8 Å². The molecular formula is C10H16O6. The van der Waals surface area contributed by atoms with Crippen molar-refractivity contribution in [2.45, 2.75) is 20.8 Å². The minimum Gasteiger partial charge on any atom is -0.478 e. The van der Waals surface area contributed by atoms with E-state index in [2.05, 4.69) is 16.1 Å². The van der Waals surface area contributed by atoms with Gasteiger partial charge in [0, 0.05) is 19.4 Å². The van der Waals surface area contributed by atoms with Crippen molar-refractivity contribution >= 4 is 17.9 Å². The number of aliphatic carboxylic acids is 1. The highest BCUT2D eigenvalue weighted by molar-refractivity contribution is 5.84. The first-order chi connectivity index (χ1) is 7.27. The Morgan fingerprint density at radius 1 is 1.00 bits per heavy atom. The van der Waals surface area contributed by atoms with Gasteiger partial charge in [0.1, 0.15) is 13.2 Å². The minimum absolute atomic E-state index is 0.134. The third-order valence-electron chi connectivity index (χ3n) is 1.06. The number of hydrogen-bond acceptors (Lipinski definition) is 5. The van der Waals surface area contributed by atoms with Gasteiger partial charge in [-0.05, 0) is 6.92 Å². The second kappa shape index (κ2) is 9.70. The normalized spacial score (nSPS) is 8.19. The fourth-order valence-corrected chi connectivity index (χ4v) is 0.371. The predicted octanol–water partition coefficient (Wildman–Crippen LogP) is 0.760. The number of carboxylic acids is 1. The second-order valence-electron chi connectivity index (χ2n) is 2.77. The van der Waals surface area contributed by atoms with E-state index in [0.717, 1.165) is 0 Å². The first-order valence-corrected chi connectivity index (χ1v) is 4.43. The molecule has 0 fully saturated rings. The van der Waals surface area contributed by atoms with E-state index in [9.17, 15) is 14.4 Å². The minimum atomic E-state index is -0.935. The molecule has 0 aliphatic heterocycles. The largest absolute Gasteiger partial charge is 0.478 e. The molecule has 0 spiro atoms. The molecule has 0 saturated heterocycles. The van der Waals surface area contributed by atoms with Gasteiger partial charge in [-0.2, -0.15) is 0 Å². The number of hydrogen-bond donors (Lipinski definition) is 1. The molecular weight excluding hydrogens is 216 g/mol. The van der Waals surface area contributed by atoms with Crippen LogP contribution in [0.2, 0.25) is 0 Å². The number of carboxylic acid groups (broad SMARTS) is 1. The molecule has 6 heteroatoms. The van der Waals surface area contributed by atoms with Crippen LogP contribution in [-0.4, -0.2) is 36.2 Å². The van der Waals surface area contributed by atoms with Gasteiger partial charge in [-0.3, -0.25) is 9.59 Å². The molecule has 0 aromatic heterocycles. The molecule has 0 rings (SSSR count). The predicted molar refractivity (Wildman–Crippen MR) is 55.7 cm³/mol. The Morgan fingerprint density at radius 3 is 1.38 bits per heavy atom. The van der Waals surface area contributed by atoms with E-state index in [0.29, 0.717) is 0 Å². The number of ether oxygens (including phenoxy) is 2. The summed E-state index contributed by atoms with van der Waals surface area (Å²) in [5.74, 6) is -1.67. The fraction of sp³-hybridized carbons (Fsp3) is 0.500. The Bertz CT molecular complexity index is 240. The van der Waals surface area contributed by atoms with Crippen molar-refractivity contribution < 1.29 is 29.0 Å². The van der Waals surface area contributed by atoms with Crippen LogP contribution in [0.3, 0.4) is 0 Å². The van der Waals surface area contributed by atoms with Gasteiger partial charge >= 0.3 is 17.9 Å². The van der Waals surface area contributed by atoms with Crippen molar-refractivity contribution in [1.29, 1.82) is 0 Å². The summed E-state index contributed by atoms with van der Waals surface area (Å²) in [5.41, 5.74) is 0.176. The lowest BCUT2D eigenvalue weighted by Gasteiger charge is -2.00. The van der Waals surface area contributed by atoms with Gasteiger partial charge in [-0.25, -0.2) is 4.79 Å². The summed E-state index contributed by atoms with van der Waals surface area (Å²) >= 11 is 0. The molecule has 0 unspecified atom stereocenters. The Labute approximate surface area is 93.8 Å². The Morgan fingerprint density at radius 2 is 1.25 bits per heavy atom. The van der Waals surface area contributed by atoms with Crippen molar-refractivity contribution in [3.05, 3.63) is 12.2 Å². The Balaban J connectivity index is 0. The standard InChI is InChI=1S/C6H10O4.C4H6O2/c1-5(7)9-3-4-10-6(2)8;1-3(2)4(5)6/h3-4H2,1-2H3;1H2,2H3,(H,5,6). The van der Waals surface area contributed by atoms with Gasteiger partial charge in [-0.15, -0.1) is 0 Å². The summed E-state index contributed by atoms with van der Waals surface area (Å²) < 4.78 is 8.95. The van der Waals surface area contributed by atoms with Crippen LogP contribution in [0.25, 0.3) is 0 Å². The molecule has 0 aliphatic rings. The molecule has 6 nitrogen and oxygen atoms in total. The molecule has 0 aromatic carbocycles. The number of carbonyl (C=O) groups is 3. The van der Waals surface area contributed by atoms with E-state index in [1.807, 2.05) is 0 Å². The van der Waals surface area contributed by atoms with Crippen LogP contribution in [0.5, 0.6) is 0 Å². The Kier molecular flexibility index (Phi) is 10.0. The third-order valence-corrected chi connectivity index (χ3v) is 1.06. The topological polar surface area (TPSA) is 89.9 Å². The van der Waals surface area contributed by atoms with Crippen LogP contribution < -0.4 is 0 Å². The smallest absolute Gasteiger partial charge is 0.330 e. The van der Waals surface area contributed by atoms with Crippen molar-refractivity contribution in [2.24, 2.45) is 0 Å².